The molecule has 1 aliphatic heterocycles. The van der Waals surface area contributed by atoms with E-state index in [-0.39, 0.29) is 11.9 Å². The number of benzene rings is 3. The number of aryl methyl sites for hydroxylation is 1. The summed E-state index contributed by atoms with van der Waals surface area (Å²) < 4.78 is 10.9. The van der Waals surface area contributed by atoms with E-state index in [1.165, 1.54) is 7.11 Å². The molecule has 0 spiro atoms. The SMILES string of the molecule is COC(=O)c1ccc(C2C(Oc3ccccc3C)C(=O)N2c2cccc(Cl)c2)cc1. The Kier molecular flexibility index (Phi) is 5.46. The van der Waals surface area contributed by atoms with Gasteiger partial charge in [-0.3, -0.25) is 9.69 Å². The van der Waals surface area contributed by atoms with Crippen molar-refractivity contribution in [1.82, 2.24) is 0 Å². The number of amides is 1. The molecule has 4 rings (SSSR count). The van der Waals surface area contributed by atoms with Gasteiger partial charge >= 0.3 is 5.97 Å². The molecule has 6 heteroatoms. The highest BCUT2D eigenvalue weighted by atomic mass is 35.5. The molecule has 2 unspecified atom stereocenters. The number of carbonyl (C=O) groups excluding carboxylic acids is 2. The van der Waals surface area contributed by atoms with Crippen molar-refractivity contribution in [2.45, 2.75) is 19.1 Å². The molecule has 30 heavy (non-hydrogen) atoms. The zero-order chi connectivity index (χ0) is 21.3. The molecular weight excluding hydrogens is 402 g/mol. The average molecular weight is 422 g/mol. The van der Waals surface area contributed by atoms with Gasteiger partial charge in [-0.15, -0.1) is 0 Å². The molecule has 0 bridgehead atoms. The van der Waals surface area contributed by atoms with Gasteiger partial charge in [-0.25, -0.2) is 4.79 Å². The minimum atomic E-state index is -0.686. The van der Waals surface area contributed by atoms with E-state index in [0.717, 1.165) is 11.1 Å². The second kappa shape index (κ2) is 8.20. The van der Waals surface area contributed by atoms with Crippen LogP contribution in [0.15, 0.2) is 72.8 Å². The van der Waals surface area contributed by atoms with E-state index < -0.39 is 12.1 Å². The van der Waals surface area contributed by atoms with Crippen molar-refractivity contribution in [3.63, 3.8) is 0 Å². The Morgan fingerprint density at radius 2 is 1.73 bits per heavy atom. The van der Waals surface area contributed by atoms with Crippen molar-refractivity contribution >= 4 is 29.2 Å². The number of nitrogens with zero attached hydrogens (tertiary/aromatic N) is 1. The topological polar surface area (TPSA) is 55.8 Å². The van der Waals surface area contributed by atoms with Crippen LogP contribution in [0.2, 0.25) is 5.02 Å². The van der Waals surface area contributed by atoms with Gasteiger partial charge in [-0.1, -0.05) is 48.0 Å². The number of β-lactam (4-membered cyclic amide) rings is 1. The van der Waals surface area contributed by atoms with Crippen LogP contribution in [0, 0.1) is 6.92 Å². The molecule has 152 valence electrons. The summed E-state index contributed by atoms with van der Waals surface area (Å²) in [5, 5.41) is 0.545. The van der Waals surface area contributed by atoms with Crippen LogP contribution in [-0.4, -0.2) is 25.1 Å². The van der Waals surface area contributed by atoms with E-state index >= 15 is 0 Å². The van der Waals surface area contributed by atoms with Gasteiger partial charge in [-0.2, -0.15) is 0 Å². The lowest BCUT2D eigenvalue weighted by Gasteiger charge is -2.46. The summed E-state index contributed by atoms with van der Waals surface area (Å²) in [5.74, 6) is 0.103. The summed E-state index contributed by atoms with van der Waals surface area (Å²) in [7, 11) is 1.34. The van der Waals surface area contributed by atoms with Crippen molar-refractivity contribution < 1.29 is 19.1 Å². The van der Waals surface area contributed by atoms with Crippen LogP contribution in [0.4, 0.5) is 5.69 Å². The molecule has 3 aromatic carbocycles. The van der Waals surface area contributed by atoms with Crippen LogP contribution in [0.25, 0.3) is 0 Å². The lowest BCUT2D eigenvalue weighted by atomic mass is 9.89. The van der Waals surface area contributed by atoms with Gasteiger partial charge in [0.1, 0.15) is 11.8 Å². The first kappa shape index (κ1) is 20.0. The molecule has 0 saturated carbocycles. The minimum Gasteiger partial charge on any atom is -0.478 e. The van der Waals surface area contributed by atoms with Crippen LogP contribution in [-0.2, 0) is 9.53 Å². The lowest BCUT2D eigenvalue weighted by molar-refractivity contribution is -0.135. The molecule has 3 aromatic rings. The first-order valence-electron chi connectivity index (χ1n) is 9.49. The molecule has 0 N–H and O–H groups in total. The lowest BCUT2D eigenvalue weighted by Crippen LogP contribution is -2.61. The van der Waals surface area contributed by atoms with E-state index in [1.807, 2.05) is 49.4 Å². The Balaban J connectivity index is 1.70. The van der Waals surface area contributed by atoms with E-state index in [2.05, 4.69) is 0 Å². The number of para-hydroxylation sites is 1. The monoisotopic (exact) mass is 421 g/mol. The highest BCUT2D eigenvalue weighted by molar-refractivity contribution is 6.31. The third-order valence-corrected chi connectivity index (χ3v) is 5.39. The Bertz CT molecular complexity index is 1100. The van der Waals surface area contributed by atoms with E-state index in [0.29, 0.717) is 22.0 Å². The summed E-state index contributed by atoms with van der Waals surface area (Å²) in [6, 6.07) is 21.4. The van der Waals surface area contributed by atoms with Crippen LogP contribution >= 0.6 is 11.6 Å². The number of rotatable bonds is 5. The maximum Gasteiger partial charge on any atom is 0.337 e. The molecule has 0 aromatic heterocycles. The minimum absolute atomic E-state index is 0.150. The number of carbonyl (C=O) groups is 2. The predicted molar refractivity (Wildman–Crippen MR) is 115 cm³/mol. The van der Waals surface area contributed by atoms with Crippen LogP contribution in [0.5, 0.6) is 5.75 Å². The number of halogens is 1. The normalized spacial score (nSPS) is 18.0. The highest BCUT2D eigenvalue weighted by Crippen LogP contribution is 2.42. The smallest absolute Gasteiger partial charge is 0.337 e. The Morgan fingerprint density at radius 1 is 1.00 bits per heavy atom. The van der Waals surface area contributed by atoms with Gasteiger partial charge in [0.25, 0.3) is 5.91 Å². The molecule has 1 aliphatic rings. The molecule has 1 amide bonds. The fourth-order valence-corrected chi connectivity index (χ4v) is 3.76. The highest BCUT2D eigenvalue weighted by Gasteiger charge is 2.51. The van der Waals surface area contributed by atoms with E-state index in [4.69, 9.17) is 21.1 Å². The summed E-state index contributed by atoms with van der Waals surface area (Å²) in [6.45, 7) is 1.94. The van der Waals surface area contributed by atoms with Gasteiger partial charge in [0.15, 0.2) is 0 Å². The van der Waals surface area contributed by atoms with Crippen LogP contribution in [0.1, 0.15) is 27.5 Å². The third kappa shape index (κ3) is 3.64. The summed E-state index contributed by atoms with van der Waals surface area (Å²) in [5.41, 5.74) is 2.93. The quantitative estimate of drug-likeness (QED) is 0.431. The zero-order valence-corrected chi connectivity index (χ0v) is 17.3. The summed E-state index contributed by atoms with van der Waals surface area (Å²) in [6.07, 6.45) is -0.686. The van der Waals surface area contributed by atoms with Crippen molar-refractivity contribution in [1.29, 1.82) is 0 Å². The van der Waals surface area contributed by atoms with Gasteiger partial charge in [0.2, 0.25) is 6.10 Å². The van der Waals surface area contributed by atoms with E-state index in [9.17, 15) is 9.59 Å². The second-order valence-electron chi connectivity index (χ2n) is 7.05. The molecule has 5 nitrogen and oxygen atoms in total. The molecule has 1 saturated heterocycles. The third-order valence-electron chi connectivity index (χ3n) is 5.15. The molecule has 1 heterocycles. The number of esters is 1. The van der Waals surface area contributed by atoms with Gasteiger partial charge in [-0.05, 0) is 54.4 Å². The zero-order valence-electron chi connectivity index (χ0n) is 16.5. The number of hydrogen-bond acceptors (Lipinski definition) is 4. The number of ether oxygens (including phenoxy) is 2. The van der Waals surface area contributed by atoms with Crippen molar-refractivity contribution in [3.05, 3.63) is 94.5 Å². The fraction of sp³-hybridized carbons (Fsp3) is 0.167. The Labute approximate surface area is 179 Å². The standard InChI is InChI=1S/C24H20ClNO4/c1-15-6-3-4-9-20(15)30-22-21(16-10-12-17(13-11-16)24(28)29-2)26(23(22)27)19-8-5-7-18(25)14-19/h3-14,21-22H,1-2H3. The average Bonchev–Trinajstić information content (AvgIpc) is 2.76. The maximum atomic E-state index is 13.1. The van der Waals surface area contributed by atoms with Crippen LogP contribution in [0.3, 0.4) is 0 Å². The number of anilines is 1. The van der Waals surface area contributed by atoms with Crippen LogP contribution < -0.4 is 9.64 Å². The molecular formula is C24H20ClNO4. The Hall–Kier alpha value is -3.31. The van der Waals surface area contributed by atoms with E-state index in [1.54, 1.807) is 35.2 Å². The largest absolute Gasteiger partial charge is 0.478 e. The molecule has 2 atom stereocenters. The van der Waals surface area contributed by atoms with Gasteiger partial charge < -0.3 is 9.47 Å². The first-order valence-corrected chi connectivity index (χ1v) is 9.86. The Morgan fingerprint density at radius 3 is 2.40 bits per heavy atom. The second-order valence-corrected chi connectivity index (χ2v) is 7.49. The van der Waals surface area contributed by atoms with Crippen molar-refractivity contribution in [2.24, 2.45) is 0 Å². The first-order chi connectivity index (χ1) is 14.5. The molecule has 0 radical (unpaired) electrons. The van der Waals surface area contributed by atoms with Crippen molar-refractivity contribution in [3.8, 4) is 5.75 Å². The van der Waals surface area contributed by atoms with Crippen molar-refractivity contribution in [2.75, 3.05) is 12.0 Å². The van der Waals surface area contributed by atoms with Gasteiger partial charge in [0, 0.05) is 10.7 Å². The summed E-state index contributed by atoms with van der Waals surface area (Å²) in [4.78, 5) is 26.5. The number of methoxy groups -OCH3 is 1. The molecule has 0 aliphatic carbocycles. The maximum absolute atomic E-state index is 13.1. The van der Waals surface area contributed by atoms with Gasteiger partial charge in [0.05, 0.1) is 12.7 Å². The predicted octanol–water partition coefficient (Wildman–Crippen LogP) is 4.97. The fourth-order valence-electron chi connectivity index (χ4n) is 3.57. The number of hydrogen-bond donors (Lipinski definition) is 0. The molecule has 1 fully saturated rings. The summed E-state index contributed by atoms with van der Waals surface area (Å²) >= 11 is 6.15.